The molecule has 0 saturated carbocycles. The van der Waals surface area contributed by atoms with E-state index in [1.165, 1.54) is 4.88 Å². The van der Waals surface area contributed by atoms with Crippen LogP contribution in [0.3, 0.4) is 0 Å². The lowest BCUT2D eigenvalue weighted by molar-refractivity contribution is -0.127. The molecule has 0 spiro atoms. The maximum absolute atomic E-state index is 12.3. The van der Waals surface area contributed by atoms with Crippen LogP contribution in [0.15, 0.2) is 46.3 Å². The summed E-state index contributed by atoms with van der Waals surface area (Å²) in [6, 6.07) is 11.6. The molecule has 2 aromatic heterocycles. The number of ether oxygens (including phenoxy) is 1. The van der Waals surface area contributed by atoms with E-state index in [2.05, 4.69) is 21.6 Å². The number of carbonyl (C=O) groups excluding carboxylic acids is 1. The van der Waals surface area contributed by atoms with Gasteiger partial charge in [0.25, 0.3) is 5.89 Å². The molecule has 1 aliphatic rings. The Bertz CT molecular complexity index is 874. The summed E-state index contributed by atoms with van der Waals surface area (Å²) in [4.78, 5) is 20.0. The number of hydrogen-bond donors (Lipinski definition) is 0. The van der Waals surface area contributed by atoms with Crippen molar-refractivity contribution in [2.45, 2.75) is 18.8 Å². The summed E-state index contributed by atoms with van der Waals surface area (Å²) < 4.78 is 10.6. The van der Waals surface area contributed by atoms with Crippen molar-refractivity contribution in [3.8, 4) is 17.2 Å². The summed E-state index contributed by atoms with van der Waals surface area (Å²) in [6.45, 7) is 1.38. The van der Waals surface area contributed by atoms with Gasteiger partial charge < -0.3 is 14.2 Å². The van der Waals surface area contributed by atoms with Gasteiger partial charge in [0.15, 0.2) is 5.82 Å². The normalized spacial score (nSPS) is 17.0. The summed E-state index contributed by atoms with van der Waals surface area (Å²) in [6.07, 6.45) is 1.32. The van der Waals surface area contributed by atoms with Crippen LogP contribution in [0.4, 0.5) is 0 Å². The predicted molar refractivity (Wildman–Crippen MR) is 98.2 cm³/mol. The molecule has 1 aromatic carbocycles. The second-order valence-corrected chi connectivity index (χ2v) is 7.29. The number of rotatable bonds is 6. The molecular formula is C19H19N3O3S. The van der Waals surface area contributed by atoms with Crippen molar-refractivity contribution in [3.05, 3.63) is 52.5 Å². The molecule has 4 rings (SSSR count). The number of benzene rings is 1. The Balaban J connectivity index is 1.41. The number of methoxy groups -OCH3 is 1. The average Bonchev–Trinajstić information content (AvgIpc) is 3.41. The van der Waals surface area contributed by atoms with Gasteiger partial charge in [-0.3, -0.25) is 4.79 Å². The third kappa shape index (κ3) is 3.48. The standard InChI is InChI=1S/C19H19N3O3S/c1-24-15-6-4-13(5-7-15)19-20-18(21-25-19)14-11-17(23)22(12-14)9-8-16-3-2-10-26-16/h2-7,10,14H,8-9,11-12H2,1H3. The van der Waals surface area contributed by atoms with Crippen LogP contribution >= 0.6 is 11.3 Å². The van der Waals surface area contributed by atoms with E-state index in [0.717, 1.165) is 24.3 Å². The number of likely N-dealkylation sites (tertiary alicyclic amines) is 1. The minimum absolute atomic E-state index is 0.0124. The molecule has 0 bridgehead atoms. The lowest BCUT2D eigenvalue weighted by Gasteiger charge is -2.15. The Morgan fingerprint density at radius 2 is 2.15 bits per heavy atom. The van der Waals surface area contributed by atoms with Gasteiger partial charge in [-0.1, -0.05) is 11.2 Å². The van der Waals surface area contributed by atoms with Crippen molar-refractivity contribution in [2.24, 2.45) is 0 Å². The van der Waals surface area contributed by atoms with Gasteiger partial charge in [-0.25, -0.2) is 0 Å². The molecule has 1 saturated heterocycles. The van der Waals surface area contributed by atoms with Crippen molar-refractivity contribution in [1.82, 2.24) is 15.0 Å². The maximum atomic E-state index is 12.3. The van der Waals surface area contributed by atoms with Crippen molar-refractivity contribution in [1.29, 1.82) is 0 Å². The Hall–Kier alpha value is -2.67. The average molecular weight is 369 g/mol. The predicted octanol–water partition coefficient (Wildman–Crippen LogP) is 3.37. The smallest absolute Gasteiger partial charge is 0.257 e. The fourth-order valence-corrected chi connectivity index (χ4v) is 3.81. The van der Waals surface area contributed by atoms with Crippen LogP contribution in [0.25, 0.3) is 11.5 Å². The van der Waals surface area contributed by atoms with Crippen LogP contribution in [-0.4, -0.2) is 41.1 Å². The van der Waals surface area contributed by atoms with Crippen LogP contribution in [0.5, 0.6) is 5.75 Å². The first-order valence-electron chi connectivity index (χ1n) is 8.51. The monoisotopic (exact) mass is 369 g/mol. The molecule has 0 radical (unpaired) electrons. The molecule has 3 heterocycles. The summed E-state index contributed by atoms with van der Waals surface area (Å²) in [7, 11) is 1.63. The second kappa shape index (κ2) is 7.29. The second-order valence-electron chi connectivity index (χ2n) is 6.26. The van der Waals surface area contributed by atoms with Crippen LogP contribution in [0.2, 0.25) is 0 Å². The van der Waals surface area contributed by atoms with Crippen LogP contribution in [-0.2, 0) is 11.2 Å². The highest BCUT2D eigenvalue weighted by Gasteiger charge is 2.33. The minimum atomic E-state index is -0.0124. The van der Waals surface area contributed by atoms with Gasteiger partial charge in [0.05, 0.1) is 7.11 Å². The third-order valence-electron chi connectivity index (χ3n) is 4.57. The first-order valence-corrected chi connectivity index (χ1v) is 9.39. The summed E-state index contributed by atoms with van der Waals surface area (Å²) >= 11 is 1.72. The van der Waals surface area contributed by atoms with E-state index in [1.54, 1.807) is 18.4 Å². The molecule has 0 N–H and O–H groups in total. The molecule has 1 aliphatic heterocycles. The largest absolute Gasteiger partial charge is 0.497 e. The zero-order valence-electron chi connectivity index (χ0n) is 14.4. The lowest BCUT2D eigenvalue weighted by Crippen LogP contribution is -2.27. The topological polar surface area (TPSA) is 68.5 Å². The van der Waals surface area contributed by atoms with Crippen LogP contribution < -0.4 is 4.74 Å². The molecule has 3 aromatic rings. The van der Waals surface area contributed by atoms with Gasteiger partial charge in [0, 0.05) is 35.9 Å². The van der Waals surface area contributed by atoms with E-state index < -0.39 is 0 Å². The highest BCUT2D eigenvalue weighted by atomic mass is 32.1. The maximum Gasteiger partial charge on any atom is 0.257 e. The first-order chi connectivity index (χ1) is 12.7. The molecule has 1 fully saturated rings. The quantitative estimate of drug-likeness (QED) is 0.666. The third-order valence-corrected chi connectivity index (χ3v) is 5.50. The van der Waals surface area contributed by atoms with Gasteiger partial charge in [-0.15, -0.1) is 11.3 Å². The van der Waals surface area contributed by atoms with Crippen molar-refractivity contribution < 1.29 is 14.1 Å². The van der Waals surface area contributed by atoms with E-state index in [9.17, 15) is 4.79 Å². The molecule has 7 heteroatoms. The number of aromatic nitrogens is 2. The summed E-state index contributed by atoms with van der Waals surface area (Å²) in [5.41, 5.74) is 0.837. The highest BCUT2D eigenvalue weighted by Crippen LogP contribution is 2.29. The van der Waals surface area contributed by atoms with Gasteiger partial charge in [0.1, 0.15) is 5.75 Å². The number of thiophene rings is 1. The zero-order chi connectivity index (χ0) is 17.9. The van der Waals surface area contributed by atoms with Crippen LogP contribution in [0.1, 0.15) is 23.0 Å². The van der Waals surface area contributed by atoms with E-state index in [0.29, 0.717) is 24.7 Å². The molecule has 6 nitrogen and oxygen atoms in total. The van der Waals surface area contributed by atoms with E-state index in [1.807, 2.05) is 35.2 Å². The fourth-order valence-electron chi connectivity index (χ4n) is 3.11. The Kier molecular flexibility index (Phi) is 4.71. The summed E-state index contributed by atoms with van der Waals surface area (Å²) in [5, 5.41) is 6.16. The van der Waals surface area contributed by atoms with Crippen molar-refractivity contribution in [3.63, 3.8) is 0 Å². The minimum Gasteiger partial charge on any atom is -0.497 e. The lowest BCUT2D eigenvalue weighted by atomic mass is 10.1. The van der Waals surface area contributed by atoms with Gasteiger partial charge in [-0.05, 0) is 42.1 Å². The Morgan fingerprint density at radius 3 is 2.88 bits per heavy atom. The molecule has 1 atom stereocenters. The van der Waals surface area contributed by atoms with Gasteiger partial charge >= 0.3 is 0 Å². The number of carbonyl (C=O) groups is 1. The Morgan fingerprint density at radius 1 is 1.31 bits per heavy atom. The summed E-state index contributed by atoms with van der Waals surface area (Å²) in [5.74, 6) is 1.98. The van der Waals surface area contributed by atoms with E-state index >= 15 is 0 Å². The molecular weight excluding hydrogens is 350 g/mol. The number of amides is 1. The SMILES string of the molecule is COc1ccc(-c2nc(C3CC(=O)N(CCc4cccs4)C3)no2)cc1. The van der Waals surface area contributed by atoms with Crippen molar-refractivity contribution >= 4 is 17.2 Å². The zero-order valence-corrected chi connectivity index (χ0v) is 15.2. The molecule has 0 aliphatic carbocycles. The fraction of sp³-hybridized carbons (Fsp3) is 0.316. The van der Waals surface area contributed by atoms with E-state index in [-0.39, 0.29) is 11.8 Å². The van der Waals surface area contributed by atoms with Crippen molar-refractivity contribution in [2.75, 3.05) is 20.2 Å². The van der Waals surface area contributed by atoms with Gasteiger partial charge in [0.2, 0.25) is 5.91 Å². The number of nitrogens with zero attached hydrogens (tertiary/aromatic N) is 3. The molecule has 26 heavy (non-hydrogen) atoms. The first kappa shape index (κ1) is 16.8. The highest BCUT2D eigenvalue weighted by molar-refractivity contribution is 7.09. The molecule has 134 valence electrons. The van der Waals surface area contributed by atoms with Crippen LogP contribution in [0, 0.1) is 0 Å². The Labute approximate surface area is 155 Å². The van der Waals surface area contributed by atoms with Gasteiger partial charge in [-0.2, -0.15) is 4.98 Å². The van der Waals surface area contributed by atoms with E-state index in [4.69, 9.17) is 9.26 Å². The molecule has 1 unspecified atom stereocenters. The molecule has 1 amide bonds. The number of hydrogen-bond acceptors (Lipinski definition) is 6.